The standard InChI is InChI=1S/C22H28N2O3/c1-4-6-7-17(3)23-24-22(25)19-10-8-18(9-11-19)16-27-21-14-12-20(13-15-21)26-5-2/h8-15H,4-7,16H2,1-3H3,(H,24,25). The number of amides is 1. The Bertz CT molecular complexity index is 737. The smallest absolute Gasteiger partial charge is 0.271 e. The summed E-state index contributed by atoms with van der Waals surface area (Å²) in [6.07, 6.45) is 3.09. The van der Waals surface area contributed by atoms with Crippen LogP contribution in [0, 0.1) is 0 Å². The Kier molecular flexibility index (Phi) is 8.36. The van der Waals surface area contributed by atoms with Crippen LogP contribution in [0.3, 0.4) is 0 Å². The van der Waals surface area contributed by atoms with Gasteiger partial charge in [0.25, 0.3) is 5.91 Å². The summed E-state index contributed by atoms with van der Waals surface area (Å²) in [4.78, 5) is 12.1. The number of unbranched alkanes of at least 4 members (excludes halogenated alkanes) is 1. The molecule has 0 aliphatic heterocycles. The van der Waals surface area contributed by atoms with Gasteiger partial charge >= 0.3 is 0 Å². The van der Waals surface area contributed by atoms with Crippen LogP contribution in [0.25, 0.3) is 0 Å². The average Bonchev–Trinajstić information content (AvgIpc) is 2.70. The molecule has 2 aromatic carbocycles. The summed E-state index contributed by atoms with van der Waals surface area (Å²) >= 11 is 0. The number of carbonyl (C=O) groups is 1. The van der Waals surface area contributed by atoms with Crippen molar-refractivity contribution in [3.8, 4) is 11.5 Å². The molecule has 0 radical (unpaired) electrons. The van der Waals surface area contributed by atoms with Gasteiger partial charge in [0, 0.05) is 11.3 Å². The average molecular weight is 368 g/mol. The van der Waals surface area contributed by atoms with Crippen LogP contribution in [0.4, 0.5) is 0 Å². The lowest BCUT2D eigenvalue weighted by atomic mass is 10.1. The van der Waals surface area contributed by atoms with Gasteiger partial charge in [0.1, 0.15) is 18.1 Å². The fourth-order valence-electron chi connectivity index (χ4n) is 2.42. The fraction of sp³-hybridized carbons (Fsp3) is 0.364. The number of carbonyl (C=O) groups excluding carboxylic acids is 1. The highest BCUT2D eigenvalue weighted by Crippen LogP contribution is 2.18. The van der Waals surface area contributed by atoms with Gasteiger partial charge in [0.2, 0.25) is 0 Å². The molecule has 0 aliphatic carbocycles. The Morgan fingerprint density at radius 1 is 0.963 bits per heavy atom. The first-order chi connectivity index (χ1) is 13.1. The van der Waals surface area contributed by atoms with E-state index in [1.807, 2.05) is 50.2 Å². The molecule has 5 heteroatoms. The molecule has 0 unspecified atom stereocenters. The van der Waals surface area contributed by atoms with E-state index >= 15 is 0 Å². The molecule has 0 saturated heterocycles. The second-order valence-electron chi connectivity index (χ2n) is 6.28. The lowest BCUT2D eigenvalue weighted by molar-refractivity contribution is 0.0954. The summed E-state index contributed by atoms with van der Waals surface area (Å²) in [5, 5.41) is 4.14. The SMILES string of the molecule is CCCCC(C)=NNC(=O)c1ccc(COc2ccc(OCC)cc2)cc1. The lowest BCUT2D eigenvalue weighted by Crippen LogP contribution is -2.19. The number of hydrogen-bond donors (Lipinski definition) is 1. The summed E-state index contributed by atoms with van der Waals surface area (Å²) in [7, 11) is 0. The van der Waals surface area contributed by atoms with Gasteiger partial charge < -0.3 is 9.47 Å². The van der Waals surface area contributed by atoms with Crippen molar-refractivity contribution >= 4 is 11.6 Å². The maximum absolute atomic E-state index is 12.1. The summed E-state index contributed by atoms with van der Waals surface area (Å²) in [5.41, 5.74) is 5.11. The van der Waals surface area contributed by atoms with Crippen molar-refractivity contribution in [2.75, 3.05) is 6.61 Å². The van der Waals surface area contributed by atoms with Crippen LogP contribution in [0.5, 0.6) is 11.5 Å². The molecule has 0 heterocycles. The summed E-state index contributed by atoms with van der Waals surface area (Å²) in [6, 6.07) is 14.9. The van der Waals surface area contributed by atoms with Gasteiger partial charge in [-0.2, -0.15) is 5.10 Å². The fourth-order valence-corrected chi connectivity index (χ4v) is 2.42. The van der Waals surface area contributed by atoms with Crippen molar-refractivity contribution < 1.29 is 14.3 Å². The van der Waals surface area contributed by atoms with Crippen molar-refractivity contribution in [3.63, 3.8) is 0 Å². The highest BCUT2D eigenvalue weighted by molar-refractivity contribution is 5.95. The van der Waals surface area contributed by atoms with E-state index in [0.717, 1.165) is 42.0 Å². The quantitative estimate of drug-likeness (QED) is 0.476. The molecular formula is C22H28N2O3. The largest absolute Gasteiger partial charge is 0.494 e. The first-order valence-electron chi connectivity index (χ1n) is 9.40. The monoisotopic (exact) mass is 368 g/mol. The molecule has 1 amide bonds. The van der Waals surface area contributed by atoms with E-state index in [9.17, 15) is 4.79 Å². The van der Waals surface area contributed by atoms with E-state index in [-0.39, 0.29) is 5.91 Å². The second-order valence-corrected chi connectivity index (χ2v) is 6.28. The molecule has 27 heavy (non-hydrogen) atoms. The second kappa shape index (κ2) is 11.0. The van der Waals surface area contributed by atoms with E-state index in [0.29, 0.717) is 18.8 Å². The van der Waals surface area contributed by atoms with Gasteiger partial charge in [-0.05, 0) is 68.7 Å². The molecule has 5 nitrogen and oxygen atoms in total. The van der Waals surface area contributed by atoms with Crippen LogP contribution in [0.1, 0.15) is 56.0 Å². The normalized spacial score (nSPS) is 11.1. The third kappa shape index (κ3) is 7.13. The minimum atomic E-state index is -0.204. The molecule has 0 atom stereocenters. The maximum atomic E-state index is 12.1. The van der Waals surface area contributed by atoms with Gasteiger partial charge in [-0.25, -0.2) is 5.43 Å². The Labute approximate surface area is 161 Å². The van der Waals surface area contributed by atoms with Crippen molar-refractivity contribution in [1.82, 2.24) is 5.43 Å². The predicted molar refractivity (Wildman–Crippen MR) is 108 cm³/mol. The van der Waals surface area contributed by atoms with Crippen LogP contribution < -0.4 is 14.9 Å². The van der Waals surface area contributed by atoms with E-state index in [2.05, 4.69) is 17.5 Å². The molecule has 2 rings (SSSR count). The molecule has 0 spiro atoms. The van der Waals surface area contributed by atoms with Crippen LogP contribution >= 0.6 is 0 Å². The third-order valence-electron chi connectivity index (χ3n) is 4.00. The highest BCUT2D eigenvalue weighted by atomic mass is 16.5. The molecule has 0 bridgehead atoms. The molecule has 0 aliphatic rings. The van der Waals surface area contributed by atoms with Gasteiger partial charge in [-0.1, -0.05) is 25.5 Å². The van der Waals surface area contributed by atoms with Crippen molar-refractivity contribution in [1.29, 1.82) is 0 Å². The highest BCUT2D eigenvalue weighted by Gasteiger charge is 2.05. The number of ether oxygens (including phenoxy) is 2. The number of nitrogens with one attached hydrogen (secondary N) is 1. The summed E-state index contributed by atoms with van der Waals surface area (Å²) in [5.74, 6) is 1.40. The summed E-state index contributed by atoms with van der Waals surface area (Å²) < 4.78 is 11.2. The van der Waals surface area contributed by atoms with E-state index in [4.69, 9.17) is 9.47 Å². The Morgan fingerprint density at radius 2 is 1.59 bits per heavy atom. The van der Waals surface area contributed by atoms with E-state index in [1.165, 1.54) is 0 Å². The zero-order valence-electron chi connectivity index (χ0n) is 16.3. The Morgan fingerprint density at radius 3 is 2.19 bits per heavy atom. The number of benzene rings is 2. The minimum Gasteiger partial charge on any atom is -0.494 e. The van der Waals surface area contributed by atoms with Crippen LogP contribution in [-0.4, -0.2) is 18.2 Å². The zero-order chi connectivity index (χ0) is 19.5. The Hall–Kier alpha value is -2.82. The predicted octanol–water partition coefficient (Wildman–Crippen LogP) is 4.96. The van der Waals surface area contributed by atoms with Crippen LogP contribution in [-0.2, 0) is 6.61 Å². The van der Waals surface area contributed by atoms with Crippen molar-refractivity contribution in [3.05, 3.63) is 59.7 Å². The lowest BCUT2D eigenvalue weighted by Gasteiger charge is -2.08. The third-order valence-corrected chi connectivity index (χ3v) is 4.00. The topological polar surface area (TPSA) is 59.9 Å². The molecule has 0 saturated carbocycles. The number of rotatable bonds is 10. The first kappa shape index (κ1) is 20.5. The Balaban J connectivity index is 1.84. The van der Waals surface area contributed by atoms with E-state index in [1.54, 1.807) is 12.1 Å². The van der Waals surface area contributed by atoms with Gasteiger partial charge in [-0.15, -0.1) is 0 Å². The molecule has 144 valence electrons. The van der Waals surface area contributed by atoms with Gasteiger partial charge in [-0.3, -0.25) is 4.79 Å². The molecular weight excluding hydrogens is 340 g/mol. The molecule has 0 aromatic heterocycles. The number of nitrogens with zero attached hydrogens (tertiary/aromatic N) is 1. The number of hydrogen-bond acceptors (Lipinski definition) is 4. The minimum absolute atomic E-state index is 0.204. The van der Waals surface area contributed by atoms with E-state index < -0.39 is 0 Å². The molecule has 0 fully saturated rings. The van der Waals surface area contributed by atoms with Crippen molar-refractivity contribution in [2.45, 2.75) is 46.6 Å². The molecule has 1 N–H and O–H groups in total. The number of hydrazone groups is 1. The zero-order valence-corrected chi connectivity index (χ0v) is 16.3. The van der Waals surface area contributed by atoms with Crippen molar-refractivity contribution in [2.24, 2.45) is 5.10 Å². The van der Waals surface area contributed by atoms with Crippen LogP contribution in [0.15, 0.2) is 53.6 Å². The van der Waals surface area contributed by atoms with Crippen LogP contribution in [0.2, 0.25) is 0 Å². The molecule has 2 aromatic rings. The maximum Gasteiger partial charge on any atom is 0.271 e. The van der Waals surface area contributed by atoms with Gasteiger partial charge in [0.15, 0.2) is 0 Å². The first-order valence-corrected chi connectivity index (χ1v) is 9.40. The summed E-state index contributed by atoms with van der Waals surface area (Å²) in [6.45, 7) is 7.09. The van der Waals surface area contributed by atoms with Gasteiger partial charge in [0.05, 0.1) is 6.61 Å².